The van der Waals surface area contributed by atoms with Gasteiger partial charge in [-0.25, -0.2) is 4.79 Å². The van der Waals surface area contributed by atoms with Crippen molar-refractivity contribution in [1.82, 2.24) is 9.80 Å². The topological polar surface area (TPSA) is 94.6 Å². The zero-order chi connectivity index (χ0) is 23.0. The highest BCUT2D eigenvalue weighted by Crippen LogP contribution is 2.43. The number of hydrogen-bond acceptors (Lipinski definition) is 7. The second-order valence-electron chi connectivity index (χ2n) is 9.45. The van der Waals surface area contributed by atoms with E-state index in [2.05, 4.69) is 0 Å². The van der Waals surface area contributed by atoms with Crippen LogP contribution in [0.4, 0.5) is 4.79 Å². The minimum Gasteiger partial charge on any atom is -0.454 e. The van der Waals surface area contributed by atoms with Gasteiger partial charge in [-0.1, -0.05) is 0 Å². The lowest BCUT2D eigenvalue weighted by Gasteiger charge is -2.34. The van der Waals surface area contributed by atoms with Crippen LogP contribution in [-0.4, -0.2) is 59.8 Å². The van der Waals surface area contributed by atoms with Crippen LogP contribution < -0.4 is 9.47 Å². The number of carbonyl (C=O) groups is 3. The summed E-state index contributed by atoms with van der Waals surface area (Å²) in [6.07, 6.45) is 1.37. The molecule has 4 rings (SSSR count). The van der Waals surface area contributed by atoms with Gasteiger partial charge in [-0.2, -0.15) is 0 Å². The molecule has 0 aliphatic carbocycles. The lowest BCUT2D eigenvalue weighted by atomic mass is 9.93. The molecule has 0 spiro atoms. The van der Waals surface area contributed by atoms with Crippen molar-refractivity contribution in [2.24, 2.45) is 5.92 Å². The van der Waals surface area contributed by atoms with Crippen LogP contribution in [-0.2, 0) is 14.3 Å². The summed E-state index contributed by atoms with van der Waals surface area (Å²) in [5, 5.41) is 0. The zero-order valence-corrected chi connectivity index (χ0v) is 19.0. The minimum atomic E-state index is -0.772. The van der Waals surface area contributed by atoms with Crippen molar-refractivity contribution in [3.63, 3.8) is 0 Å². The maximum Gasteiger partial charge on any atom is 0.410 e. The lowest BCUT2D eigenvalue weighted by molar-refractivity contribution is -0.154. The molecule has 9 heteroatoms. The van der Waals surface area contributed by atoms with Crippen LogP contribution >= 0.6 is 0 Å². The Kier molecular flexibility index (Phi) is 5.92. The third kappa shape index (κ3) is 4.61. The number of ether oxygens (including phenoxy) is 4. The predicted molar refractivity (Wildman–Crippen MR) is 113 cm³/mol. The Morgan fingerprint density at radius 2 is 1.78 bits per heavy atom. The maximum absolute atomic E-state index is 13.1. The SMILES string of the molecule is CC(=O)OC1c2cc3c(cc2C(=O)N1CCC1CCN(C(=O)OC(C)(C)C)CC1)OCO3. The smallest absolute Gasteiger partial charge is 0.410 e. The fraction of sp³-hybridized carbons (Fsp3) is 0.609. The number of amides is 2. The minimum absolute atomic E-state index is 0.107. The van der Waals surface area contributed by atoms with Crippen molar-refractivity contribution in [3.05, 3.63) is 23.3 Å². The molecule has 32 heavy (non-hydrogen) atoms. The highest BCUT2D eigenvalue weighted by molar-refractivity contribution is 6.00. The number of likely N-dealkylation sites (tertiary alicyclic amines) is 1. The van der Waals surface area contributed by atoms with Crippen LogP contribution in [0.25, 0.3) is 0 Å². The van der Waals surface area contributed by atoms with Gasteiger partial charge in [-0.15, -0.1) is 0 Å². The lowest BCUT2D eigenvalue weighted by Crippen LogP contribution is -2.42. The second-order valence-corrected chi connectivity index (χ2v) is 9.45. The van der Waals surface area contributed by atoms with E-state index in [1.54, 1.807) is 21.9 Å². The Morgan fingerprint density at radius 1 is 1.12 bits per heavy atom. The van der Waals surface area contributed by atoms with E-state index in [-0.39, 0.29) is 18.8 Å². The van der Waals surface area contributed by atoms with Crippen LogP contribution in [0.15, 0.2) is 12.1 Å². The van der Waals surface area contributed by atoms with Crippen molar-refractivity contribution in [3.8, 4) is 11.5 Å². The Labute approximate surface area is 187 Å². The number of rotatable bonds is 4. The average molecular weight is 447 g/mol. The molecule has 2 amide bonds. The van der Waals surface area contributed by atoms with E-state index in [0.717, 1.165) is 19.3 Å². The first kappa shape index (κ1) is 22.2. The van der Waals surface area contributed by atoms with Crippen LogP contribution in [0, 0.1) is 5.92 Å². The van der Waals surface area contributed by atoms with Gasteiger partial charge in [0.1, 0.15) is 5.60 Å². The van der Waals surface area contributed by atoms with Crippen LogP contribution in [0.3, 0.4) is 0 Å². The van der Waals surface area contributed by atoms with Gasteiger partial charge in [0.25, 0.3) is 5.91 Å². The van der Waals surface area contributed by atoms with Crippen molar-refractivity contribution in [1.29, 1.82) is 0 Å². The third-order valence-electron chi connectivity index (χ3n) is 5.91. The summed E-state index contributed by atoms with van der Waals surface area (Å²) >= 11 is 0. The molecule has 1 unspecified atom stereocenters. The fourth-order valence-electron chi connectivity index (χ4n) is 4.33. The quantitative estimate of drug-likeness (QED) is 0.654. The van der Waals surface area contributed by atoms with E-state index in [1.165, 1.54) is 6.92 Å². The first-order valence-corrected chi connectivity index (χ1v) is 11.0. The van der Waals surface area contributed by atoms with Crippen molar-refractivity contribution in [2.45, 2.75) is 58.8 Å². The van der Waals surface area contributed by atoms with E-state index in [9.17, 15) is 14.4 Å². The van der Waals surface area contributed by atoms with E-state index >= 15 is 0 Å². The molecule has 0 saturated carbocycles. The average Bonchev–Trinajstić information content (AvgIpc) is 3.27. The molecular weight excluding hydrogens is 416 g/mol. The van der Waals surface area contributed by atoms with Gasteiger partial charge in [0.15, 0.2) is 11.5 Å². The summed E-state index contributed by atoms with van der Waals surface area (Å²) in [7, 11) is 0. The molecule has 3 aliphatic rings. The predicted octanol–water partition coefficient (Wildman–Crippen LogP) is 3.47. The first-order chi connectivity index (χ1) is 15.1. The fourth-order valence-corrected chi connectivity index (χ4v) is 4.33. The van der Waals surface area contributed by atoms with Crippen LogP contribution in [0.1, 0.15) is 69.1 Å². The first-order valence-electron chi connectivity index (χ1n) is 11.0. The van der Waals surface area contributed by atoms with E-state index in [1.807, 2.05) is 20.8 Å². The number of nitrogens with zero attached hydrogens (tertiary/aromatic N) is 2. The molecule has 3 aliphatic heterocycles. The highest BCUT2D eigenvalue weighted by Gasteiger charge is 2.41. The zero-order valence-electron chi connectivity index (χ0n) is 19.0. The molecule has 0 N–H and O–H groups in total. The van der Waals surface area contributed by atoms with E-state index in [0.29, 0.717) is 48.2 Å². The number of hydrogen-bond donors (Lipinski definition) is 0. The second kappa shape index (κ2) is 8.52. The van der Waals surface area contributed by atoms with Crippen molar-refractivity contribution >= 4 is 18.0 Å². The third-order valence-corrected chi connectivity index (χ3v) is 5.91. The Balaban J connectivity index is 1.38. The molecule has 1 fully saturated rings. The molecule has 0 radical (unpaired) electrons. The summed E-state index contributed by atoms with van der Waals surface area (Å²) in [4.78, 5) is 40.4. The van der Waals surface area contributed by atoms with Gasteiger partial charge in [0.05, 0.1) is 5.56 Å². The molecule has 174 valence electrons. The number of benzene rings is 1. The number of carbonyl (C=O) groups excluding carboxylic acids is 3. The van der Waals surface area contributed by atoms with Crippen molar-refractivity contribution < 1.29 is 33.3 Å². The Hall–Kier alpha value is -2.97. The molecule has 0 bridgehead atoms. The standard InChI is InChI=1S/C23H30N2O7/c1-14(26)31-21-17-12-19-18(29-13-30-19)11-16(17)20(27)25(21)10-7-15-5-8-24(9-6-15)22(28)32-23(2,3)4/h11-12,15,21H,5-10,13H2,1-4H3. The normalized spacial score (nSPS) is 20.4. The summed E-state index contributed by atoms with van der Waals surface area (Å²) < 4.78 is 21.8. The molecular formula is C23H30N2O7. The Bertz CT molecular complexity index is 916. The van der Waals surface area contributed by atoms with Gasteiger partial charge < -0.3 is 23.8 Å². The molecule has 1 atom stereocenters. The van der Waals surface area contributed by atoms with Gasteiger partial charge in [0.2, 0.25) is 13.0 Å². The Morgan fingerprint density at radius 3 is 2.41 bits per heavy atom. The van der Waals surface area contributed by atoms with Crippen molar-refractivity contribution in [2.75, 3.05) is 26.4 Å². The maximum atomic E-state index is 13.1. The van der Waals surface area contributed by atoms with Gasteiger partial charge in [-0.05, 0) is 58.1 Å². The number of piperidine rings is 1. The summed E-state index contributed by atoms with van der Waals surface area (Å²) in [6, 6.07) is 3.39. The van der Waals surface area contributed by atoms with Gasteiger partial charge >= 0.3 is 12.1 Å². The molecule has 1 aromatic rings. The number of esters is 1. The summed E-state index contributed by atoms with van der Waals surface area (Å²) in [5.74, 6) is 0.791. The summed E-state index contributed by atoms with van der Waals surface area (Å²) in [6.45, 7) is 8.72. The number of fused-ring (bicyclic) bond motifs is 2. The van der Waals surface area contributed by atoms with Crippen LogP contribution in [0.5, 0.6) is 11.5 Å². The molecule has 1 aromatic carbocycles. The molecule has 1 saturated heterocycles. The van der Waals surface area contributed by atoms with Gasteiger partial charge in [0, 0.05) is 32.1 Å². The largest absolute Gasteiger partial charge is 0.454 e. The molecule has 9 nitrogen and oxygen atoms in total. The monoisotopic (exact) mass is 446 g/mol. The highest BCUT2D eigenvalue weighted by atomic mass is 16.7. The summed E-state index contributed by atoms with van der Waals surface area (Å²) in [5.41, 5.74) is 0.579. The van der Waals surface area contributed by atoms with E-state index < -0.39 is 17.8 Å². The molecule has 0 aromatic heterocycles. The van der Waals surface area contributed by atoms with Gasteiger partial charge in [-0.3, -0.25) is 14.5 Å². The van der Waals surface area contributed by atoms with E-state index in [4.69, 9.17) is 18.9 Å². The molecule has 3 heterocycles. The van der Waals surface area contributed by atoms with Crippen LogP contribution in [0.2, 0.25) is 0 Å².